The molecule has 9 heteroatoms. The first-order valence-electron chi connectivity index (χ1n) is 6.98. The van der Waals surface area contributed by atoms with Crippen molar-refractivity contribution in [2.24, 2.45) is 11.0 Å². The first kappa shape index (κ1) is 17.4. The summed E-state index contributed by atoms with van der Waals surface area (Å²) in [5, 5.41) is 3.90. The molecular formula is C13H18ClN3O3S2. The van der Waals surface area contributed by atoms with Gasteiger partial charge in [-0.2, -0.15) is 5.10 Å². The highest BCUT2D eigenvalue weighted by Gasteiger charge is 2.31. The number of carbonyl (C=O) groups is 1. The highest BCUT2D eigenvalue weighted by Crippen LogP contribution is 2.20. The number of thiophene rings is 1. The predicted molar refractivity (Wildman–Crippen MR) is 88.8 cm³/mol. The van der Waals surface area contributed by atoms with Crippen LogP contribution >= 0.6 is 22.9 Å². The lowest BCUT2D eigenvalue weighted by Gasteiger charge is -2.30. The fraction of sp³-hybridized carbons (Fsp3) is 0.538. The van der Waals surface area contributed by atoms with E-state index in [0.717, 1.165) is 4.88 Å². The van der Waals surface area contributed by atoms with Crippen LogP contribution in [0.15, 0.2) is 17.2 Å². The normalized spacial score (nSPS) is 20.4. The number of rotatable bonds is 5. The van der Waals surface area contributed by atoms with Gasteiger partial charge in [-0.25, -0.2) is 18.1 Å². The molecule has 1 aliphatic rings. The first-order chi connectivity index (χ1) is 10.4. The number of halogens is 1. The van der Waals surface area contributed by atoms with E-state index in [2.05, 4.69) is 10.5 Å². The number of hydrogen-bond acceptors (Lipinski definition) is 5. The quantitative estimate of drug-likeness (QED) is 0.641. The molecule has 1 unspecified atom stereocenters. The van der Waals surface area contributed by atoms with Crippen molar-refractivity contribution in [3.63, 3.8) is 0 Å². The molecule has 0 saturated carbocycles. The Balaban J connectivity index is 1.91. The molecule has 1 aromatic heterocycles. The van der Waals surface area contributed by atoms with Gasteiger partial charge >= 0.3 is 0 Å². The minimum absolute atomic E-state index is 0.0542. The average molecular weight is 364 g/mol. The number of piperidine rings is 1. The predicted octanol–water partition coefficient (Wildman–Crippen LogP) is 1.91. The van der Waals surface area contributed by atoms with Gasteiger partial charge in [-0.1, -0.05) is 11.6 Å². The Morgan fingerprint density at radius 3 is 3.00 bits per heavy atom. The molecule has 0 aliphatic carbocycles. The van der Waals surface area contributed by atoms with Crippen molar-refractivity contribution < 1.29 is 13.2 Å². The van der Waals surface area contributed by atoms with Crippen LogP contribution in [0.25, 0.3) is 0 Å². The molecule has 122 valence electrons. The van der Waals surface area contributed by atoms with Crippen molar-refractivity contribution in [1.29, 1.82) is 0 Å². The van der Waals surface area contributed by atoms with Gasteiger partial charge in [0.15, 0.2) is 0 Å². The van der Waals surface area contributed by atoms with E-state index >= 15 is 0 Å². The second-order valence-electron chi connectivity index (χ2n) is 4.97. The first-order valence-corrected chi connectivity index (χ1v) is 9.79. The van der Waals surface area contributed by atoms with Gasteiger partial charge in [0.25, 0.3) is 0 Å². The van der Waals surface area contributed by atoms with E-state index in [1.165, 1.54) is 21.9 Å². The lowest BCUT2D eigenvalue weighted by Crippen LogP contribution is -2.45. The van der Waals surface area contributed by atoms with Gasteiger partial charge in [0.1, 0.15) is 0 Å². The molecule has 1 aromatic rings. The number of nitrogens with zero attached hydrogens (tertiary/aromatic N) is 2. The summed E-state index contributed by atoms with van der Waals surface area (Å²) >= 11 is 7.16. The average Bonchev–Trinajstić information content (AvgIpc) is 2.92. The van der Waals surface area contributed by atoms with Crippen LogP contribution in [-0.2, 0) is 14.8 Å². The van der Waals surface area contributed by atoms with Crippen LogP contribution in [0, 0.1) is 5.92 Å². The van der Waals surface area contributed by atoms with Crippen molar-refractivity contribution in [2.45, 2.75) is 19.8 Å². The summed E-state index contributed by atoms with van der Waals surface area (Å²) in [6, 6.07) is 3.56. The van der Waals surface area contributed by atoms with Gasteiger partial charge in [-0.3, -0.25) is 4.79 Å². The fourth-order valence-corrected chi connectivity index (χ4v) is 4.35. The third-order valence-electron chi connectivity index (χ3n) is 3.47. The van der Waals surface area contributed by atoms with Crippen molar-refractivity contribution >= 4 is 45.1 Å². The van der Waals surface area contributed by atoms with Gasteiger partial charge in [-0.05, 0) is 31.9 Å². The third kappa shape index (κ3) is 4.52. The van der Waals surface area contributed by atoms with Crippen LogP contribution in [0.3, 0.4) is 0 Å². The van der Waals surface area contributed by atoms with Crippen LogP contribution in [-0.4, -0.2) is 43.7 Å². The molecule has 0 bridgehead atoms. The molecule has 2 heterocycles. The van der Waals surface area contributed by atoms with Gasteiger partial charge in [0.2, 0.25) is 15.9 Å². The topological polar surface area (TPSA) is 78.8 Å². The standard InChI is InChI=1S/C13H18ClN3O3S2/c1-2-22(19,20)17-7-3-4-10(9-17)13(18)16-15-8-11-5-6-12(14)21-11/h5-6,8,10H,2-4,7,9H2,1H3,(H,16,18). The van der Waals surface area contributed by atoms with Crippen LogP contribution in [0.4, 0.5) is 0 Å². The number of hydrogen-bond donors (Lipinski definition) is 1. The summed E-state index contributed by atoms with van der Waals surface area (Å²) in [7, 11) is -3.25. The maximum atomic E-state index is 12.1. The molecular weight excluding hydrogens is 346 g/mol. The minimum atomic E-state index is -3.25. The summed E-state index contributed by atoms with van der Waals surface area (Å²) < 4.78 is 25.8. The lowest BCUT2D eigenvalue weighted by molar-refractivity contribution is -0.126. The summed E-state index contributed by atoms with van der Waals surface area (Å²) in [6.45, 7) is 2.31. The Labute approximate surface area is 139 Å². The number of amides is 1. The van der Waals surface area contributed by atoms with Gasteiger partial charge in [0, 0.05) is 18.0 Å². The molecule has 22 heavy (non-hydrogen) atoms. The Kier molecular flexibility index (Phi) is 5.96. The molecule has 1 fully saturated rings. The fourth-order valence-electron chi connectivity index (χ4n) is 2.24. The molecule has 1 amide bonds. The zero-order valence-electron chi connectivity index (χ0n) is 12.2. The Morgan fingerprint density at radius 2 is 2.36 bits per heavy atom. The van der Waals surface area contributed by atoms with Gasteiger partial charge in [-0.15, -0.1) is 11.3 Å². The molecule has 1 N–H and O–H groups in total. The molecule has 1 saturated heterocycles. The van der Waals surface area contributed by atoms with Crippen molar-refractivity contribution in [3.05, 3.63) is 21.3 Å². The summed E-state index contributed by atoms with van der Waals surface area (Å²) in [6.07, 6.45) is 2.88. The molecule has 2 rings (SSSR count). The van der Waals surface area contributed by atoms with Gasteiger partial charge < -0.3 is 0 Å². The van der Waals surface area contributed by atoms with E-state index in [4.69, 9.17) is 11.6 Å². The Morgan fingerprint density at radius 1 is 1.59 bits per heavy atom. The van der Waals surface area contributed by atoms with E-state index in [1.807, 2.05) is 0 Å². The lowest BCUT2D eigenvalue weighted by atomic mass is 9.99. The molecule has 0 spiro atoms. The van der Waals surface area contributed by atoms with Crippen molar-refractivity contribution in [3.8, 4) is 0 Å². The van der Waals surface area contributed by atoms with Crippen LogP contribution in [0.5, 0.6) is 0 Å². The zero-order chi connectivity index (χ0) is 16.2. The van der Waals surface area contributed by atoms with E-state index in [9.17, 15) is 13.2 Å². The van der Waals surface area contributed by atoms with E-state index in [-0.39, 0.29) is 24.1 Å². The van der Waals surface area contributed by atoms with E-state index in [0.29, 0.717) is 23.7 Å². The molecule has 0 radical (unpaired) electrons. The maximum Gasteiger partial charge on any atom is 0.244 e. The maximum absolute atomic E-state index is 12.1. The van der Waals surface area contributed by atoms with Crippen molar-refractivity contribution in [1.82, 2.24) is 9.73 Å². The number of nitrogens with one attached hydrogen (secondary N) is 1. The largest absolute Gasteiger partial charge is 0.273 e. The second kappa shape index (κ2) is 7.54. The highest BCUT2D eigenvalue weighted by atomic mass is 35.5. The molecule has 1 atom stereocenters. The minimum Gasteiger partial charge on any atom is -0.273 e. The van der Waals surface area contributed by atoms with Gasteiger partial charge in [0.05, 0.1) is 22.2 Å². The number of carbonyl (C=O) groups excluding carboxylic acids is 1. The summed E-state index contributed by atoms with van der Waals surface area (Å²) in [4.78, 5) is 12.9. The van der Waals surface area contributed by atoms with E-state index < -0.39 is 10.0 Å². The number of sulfonamides is 1. The van der Waals surface area contributed by atoms with Crippen LogP contribution in [0.2, 0.25) is 4.34 Å². The summed E-state index contributed by atoms with van der Waals surface area (Å²) in [5.41, 5.74) is 2.47. The zero-order valence-corrected chi connectivity index (χ0v) is 14.5. The second-order valence-corrected chi connectivity index (χ2v) is 8.98. The monoisotopic (exact) mass is 363 g/mol. The number of hydrazone groups is 1. The Hall–Kier alpha value is -0.960. The SMILES string of the molecule is CCS(=O)(=O)N1CCCC(C(=O)NN=Cc2ccc(Cl)s2)C1. The van der Waals surface area contributed by atoms with E-state index in [1.54, 1.807) is 19.1 Å². The highest BCUT2D eigenvalue weighted by molar-refractivity contribution is 7.89. The smallest absolute Gasteiger partial charge is 0.244 e. The van der Waals surface area contributed by atoms with Crippen LogP contribution < -0.4 is 5.43 Å². The van der Waals surface area contributed by atoms with Crippen LogP contribution in [0.1, 0.15) is 24.6 Å². The molecule has 6 nitrogen and oxygen atoms in total. The molecule has 0 aromatic carbocycles. The summed E-state index contributed by atoms with van der Waals surface area (Å²) in [5.74, 6) is -0.562. The van der Waals surface area contributed by atoms with Crippen molar-refractivity contribution in [2.75, 3.05) is 18.8 Å². The molecule has 1 aliphatic heterocycles. The Bertz CT molecular complexity index is 657. The third-order valence-corrected chi connectivity index (χ3v) is 6.49.